The molecule has 0 saturated carbocycles. The summed E-state index contributed by atoms with van der Waals surface area (Å²) in [6.07, 6.45) is 0. The van der Waals surface area contributed by atoms with Gasteiger partial charge in [-0.15, -0.1) is 0 Å². The Hall–Kier alpha value is -2.37. The van der Waals surface area contributed by atoms with Crippen LogP contribution in [0.2, 0.25) is 5.02 Å². The van der Waals surface area contributed by atoms with E-state index in [2.05, 4.69) is 5.32 Å². The van der Waals surface area contributed by atoms with Crippen LogP contribution in [0.5, 0.6) is 0 Å². The fourth-order valence-corrected chi connectivity index (χ4v) is 2.65. The summed E-state index contributed by atoms with van der Waals surface area (Å²) in [5, 5.41) is 2.70. The maximum atomic E-state index is 13.8. The highest BCUT2D eigenvalue weighted by Crippen LogP contribution is 2.32. The van der Waals surface area contributed by atoms with Gasteiger partial charge in [0.15, 0.2) is 0 Å². The van der Waals surface area contributed by atoms with E-state index in [1.165, 1.54) is 24.3 Å². The van der Waals surface area contributed by atoms with E-state index in [-0.39, 0.29) is 16.4 Å². The zero-order valence-electron chi connectivity index (χ0n) is 12.4. The maximum Gasteiger partial charge on any atom is 0.283 e. The van der Waals surface area contributed by atoms with Crippen LogP contribution in [0.25, 0.3) is 0 Å². The Labute approximate surface area is 147 Å². The molecule has 2 aromatic carbocycles. The lowest BCUT2D eigenvalue weighted by Gasteiger charge is -2.16. The van der Waals surface area contributed by atoms with Crippen LogP contribution >= 0.6 is 23.2 Å². The van der Waals surface area contributed by atoms with Crippen LogP contribution in [-0.2, 0) is 9.59 Å². The number of benzene rings is 2. The molecule has 0 bridgehead atoms. The van der Waals surface area contributed by atoms with E-state index in [1.807, 2.05) is 0 Å². The van der Waals surface area contributed by atoms with E-state index in [1.54, 1.807) is 25.1 Å². The minimum atomic E-state index is -0.694. The van der Waals surface area contributed by atoms with Gasteiger partial charge in [-0.05, 0) is 36.8 Å². The fourth-order valence-electron chi connectivity index (χ4n) is 2.26. The summed E-state index contributed by atoms with van der Waals surface area (Å²) in [4.78, 5) is 25.8. The number of anilines is 2. The van der Waals surface area contributed by atoms with Crippen molar-refractivity contribution in [1.29, 1.82) is 0 Å². The second-order valence-electron chi connectivity index (χ2n) is 5.17. The van der Waals surface area contributed by atoms with Gasteiger partial charge in [0, 0.05) is 5.02 Å². The smallest absolute Gasteiger partial charge is 0.283 e. The molecule has 3 rings (SSSR count). The van der Waals surface area contributed by atoms with Gasteiger partial charge in [-0.2, -0.15) is 0 Å². The van der Waals surface area contributed by atoms with Gasteiger partial charge < -0.3 is 5.32 Å². The monoisotopic (exact) mass is 364 g/mol. The van der Waals surface area contributed by atoms with Gasteiger partial charge >= 0.3 is 0 Å². The summed E-state index contributed by atoms with van der Waals surface area (Å²) in [5.41, 5.74) is 0.978. The Morgan fingerprint density at radius 1 is 1.04 bits per heavy atom. The number of imide groups is 1. The van der Waals surface area contributed by atoms with Crippen molar-refractivity contribution in [1.82, 2.24) is 0 Å². The Morgan fingerprint density at radius 3 is 2.42 bits per heavy atom. The van der Waals surface area contributed by atoms with E-state index in [0.717, 1.165) is 10.5 Å². The molecule has 2 aromatic rings. The summed E-state index contributed by atoms with van der Waals surface area (Å²) >= 11 is 12.0. The van der Waals surface area contributed by atoms with Gasteiger partial charge in [-0.3, -0.25) is 9.59 Å². The number of amides is 2. The molecule has 0 spiro atoms. The number of carbonyl (C=O) groups excluding carboxylic acids is 2. The maximum absolute atomic E-state index is 13.8. The van der Waals surface area contributed by atoms with Crippen molar-refractivity contribution in [2.45, 2.75) is 6.92 Å². The molecule has 0 aliphatic carbocycles. The van der Waals surface area contributed by atoms with Crippen molar-refractivity contribution in [3.63, 3.8) is 0 Å². The van der Waals surface area contributed by atoms with E-state index in [4.69, 9.17) is 23.2 Å². The van der Waals surface area contributed by atoms with Crippen LogP contribution in [0.1, 0.15) is 5.56 Å². The molecule has 2 amide bonds. The first-order valence-corrected chi connectivity index (χ1v) is 7.72. The summed E-state index contributed by atoms with van der Waals surface area (Å²) in [7, 11) is 0. The third kappa shape index (κ3) is 2.77. The zero-order valence-corrected chi connectivity index (χ0v) is 14.0. The SMILES string of the molecule is Cc1ccc(N2C(=O)C(Cl)=C(Nc3ccccc3F)C2=O)cc1Cl. The number of aryl methyl sites for hydroxylation is 1. The molecule has 1 aliphatic rings. The molecule has 0 aromatic heterocycles. The minimum absolute atomic E-state index is 0.0515. The van der Waals surface area contributed by atoms with Crippen LogP contribution in [0.4, 0.5) is 15.8 Å². The van der Waals surface area contributed by atoms with Crippen LogP contribution in [0.3, 0.4) is 0 Å². The largest absolute Gasteiger partial charge is 0.347 e. The summed E-state index contributed by atoms with van der Waals surface area (Å²) in [5.74, 6) is -1.93. The lowest BCUT2D eigenvalue weighted by Crippen LogP contribution is -2.32. The predicted molar refractivity (Wildman–Crippen MR) is 91.6 cm³/mol. The van der Waals surface area contributed by atoms with Gasteiger partial charge in [-0.25, -0.2) is 9.29 Å². The van der Waals surface area contributed by atoms with Crippen LogP contribution in [-0.4, -0.2) is 11.8 Å². The third-order valence-electron chi connectivity index (χ3n) is 3.57. The van der Waals surface area contributed by atoms with Gasteiger partial charge in [0.1, 0.15) is 16.5 Å². The quantitative estimate of drug-likeness (QED) is 0.829. The highest BCUT2D eigenvalue weighted by atomic mass is 35.5. The Bertz CT molecular complexity index is 896. The Balaban J connectivity index is 1.95. The van der Waals surface area contributed by atoms with Crippen LogP contribution in [0.15, 0.2) is 53.2 Å². The van der Waals surface area contributed by atoms with Gasteiger partial charge in [-0.1, -0.05) is 41.4 Å². The highest BCUT2D eigenvalue weighted by Gasteiger charge is 2.39. The average molecular weight is 365 g/mol. The van der Waals surface area contributed by atoms with E-state index < -0.39 is 17.6 Å². The first-order valence-electron chi connectivity index (χ1n) is 6.96. The molecule has 122 valence electrons. The summed E-state index contributed by atoms with van der Waals surface area (Å²) in [6, 6.07) is 10.6. The van der Waals surface area contributed by atoms with E-state index in [9.17, 15) is 14.0 Å². The highest BCUT2D eigenvalue weighted by molar-refractivity contribution is 6.53. The van der Waals surface area contributed by atoms with Crippen molar-refractivity contribution < 1.29 is 14.0 Å². The lowest BCUT2D eigenvalue weighted by molar-refractivity contribution is -0.120. The summed E-state index contributed by atoms with van der Waals surface area (Å²) < 4.78 is 13.8. The molecule has 4 nitrogen and oxygen atoms in total. The number of hydrogen-bond acceptors (Lipinski definition) is 3. The summed E-state index contributed by atoms with van der Waals surface area (Å²) in [6.45, 7) is 1.80. The number of nitrogens with one attached hydrogen (secondary N) is 1. The number of rotatable bonds is 3. The predicted octanol–water partition coefficient (Wildman–Crippen LogP) is 4.22. The van der Waals surface area contributed by atoms with Crippen molar-refractivity contribution in [2.24, 2.45) is 0 Å². The molecule has 0 atom stereocenters. The molecule has 0 radical (unpaired) electrons. The van der Waals surface area contributed by atoms with Crippen LogP contribution in [0, 0.1) is 12.7 Å². The fraction of sp³-hybridized carbons (Fsp3) is 0.0588. The lowest BCUT2D eigenvalue weighted by atomic mass is 10.2. The topological polar surface area (TPSA) is 49.4 Å². The number of carbonyl (C=O) groups is 2. The second kappa shape index (κ2) is 6.26. The average Bonchev–Trinajstić information content (AvgIpc) is 2.76. The molecule has 7 heteroatoms. The molecular formula is C17H11Cl2FN2O2. The normalized spacial score (nSPS) is 14.6. The third-order valence-corrected chi connectivity index (χ3v) is 4.33. The first-order chi connectivity index (χ1) is 11.4. The van der Waals surface area contributed by atoms with Crippen molar-refractivity contribution in [3.05, 3.63) is 69.6 Å². The molecule has 1 N–H and O–H groups in total. The standard InChI is InChI=1S/C17H11Cl2FN2O2/c1-9-6-7-10(8-11(9)18)22-16(23)14(19)15(17(22)24)21-13-5-3-2-4-12(13)20/h2-8,21H,1H3. The molecule has 24 heavy (non-hydrogen) atoms. The zero-order chi connectivity index (χ0) is 17.4. The Morgan fingerprint density at radius 2 is 1.75 bits per heavy atom. The van der Waals surface area contributed by atoms with Gasteiger partial charge in [0.05, 0.1) is 11.4 Å². The van der Waals surface area contributed by atoms with Gasteiger partial charge in [0.2, 0.25) is 0 Å². The van der Waals surface area contributed by atoms with Crippen molar-refractivity contribution in [3.8, 4) is 0 Å². The van der Waals surface area contributed by atoms with Crippen LogP contribution < -0.4 is 10.2 Å². The molecule has 0 saturated heterocycles. The van der Waals surface area contributed by atoms with Crippen molar-refractivity contribution >= 4 is 46.4 Å². The number of nitrogens with zero attached hydrogens (tertiary/aromatic N) is 1. The van der Waals surface area contributed by atoms with E-state index in [0.29, 0.717) is 10.7 Å². The van der Waals surface area contributed by atoms with Gasteiger partial charge in [0.25, 0.3) is 11.8 Å². The first kappa shape index (κ1) is 16.5. The van der Waals surface area contributed by atoms with E-state index >= 15 is 0 Å². The number of halogens is 3. The molecular weight excluding hydrogens is 354 g/mol. The molecule has 0 unspecified atom stereocenters. The Kier molecular flexibility index (Phi) is 4.30. The molecule has 1 aliphatic heterocycles. The molecule has 1 heterocycles. The second-order valence-corrected chi connectivity index (χ2v) is 5.96. The van der Waals surface area contributed by atoms with Crippen molar-refractivity contribution in [2.75, 3.05) is 10.2 Å². The number of para-hydroxylation sites is 1. The molecule has 0 fully saturated rings. The minimum Gasteiger partial charge on any atom is -0.347 e. The number of hydrogen-bond donors (Lipinski definition) is 1.